The summed E-state index contributed by atoms with van der Waals surface area (Å²) in [4.78, 5) is 18.8. The topological polar surface area (TPSA) is 74.4 Å². The van der Waals surface area contributed by atoms with Crippen molar-refractivity contribution in [2.45, 2.75) is 19.5 Å². The van der Waals surface area contributed by atoms with Crippen LogP contribution < -0.4 is 0 Å². The lowest BCUT2D eigenvalue weighted by Crippen LogP contribution is -2.63. The number of piperazine rings is 2. The van der Waals surface area contributed by atoms with Crippen LogP contribution in [0.1, 0.15) is 16.7 Å². The maximum atomic E-state index is 13.0. The van der Waals surface area contributed by atoms with Gasteiger partial charge in [-0.2, -0.15) is 10.5 Å². The number of aryl methyl sites for hydroxylation is 1. The van der Waals surface area contributed by atoms with E-state index in [9.17, 15) is 10.1 Å². The Bertz CT molecular complexity index is 1020. The Morgan fingerprint density at radius 2 is 1.83 bits per heavy atom. The number of hydrogen-bond acceptors (Lipinski definition) is 5. The molecule has 2 aliphatic heterocycles. The summed E-state index contributed by atoms with van der Waals surface area (Å²) in [6.45, 7) is 6.17. The van der Waals surface area contributed by atoms with Gasteiger partial charge >= 0.3 is 0 Å². The molecule has 0 spiro atoms. The molecule has 0 radical (unpaired) electrons. The van der Waals surface area contributed by atoms with Crippen LogP contribution in [0, 0.1) is 29.7 Å². The normalized spacial score (nSPS) is 19.4. The molecule has 6 heteroatoms. The largest absolute Gasteiger partial charge is 0.336 e. The maximum Gasteiger partial charge on any atom is 0.242 e. The van der Waals surface area contributed by atoms with Crippen molar-refractivity contribution in [1.82, 2.24) is 14.7 Å². The predicted octanol–water partition coefficient (Wildman–Crippen LogP) is 2.34. The van der Waals surface area contributed by atoms with Crippen LogP contribution in [0.15, 0.2) is 42.5 Å². The van der Waals surface area contributed by atoms with Crippen LogP contribution in [0.3, 0.4) is 0 Å². The molecule has 29 heavy (non-hydrogen) atoms. The minimum Gasteiger partial charge on any atom is -0.336 e. The first-order valence-corrected chi connectivity index (χ1v) is 9.86. The van der Waals surface area contributed by atoms with E-state index >= 15 is 0 Å². The Morgan fingerprint density at radius 3 is 2.59 bits per heavy atom. The van der Waals surface area contributed by atoms with Gasteiger partial charge in [0.05, 0.1) is 18.2 Å². The zero-order chi connectivity index (χ0) is 20.4. The van der Waals surface area contributed by atoms with Crippen LogP contribution in [-0.4, -0.2) is 59.4 Å². The number of fused-ring (bicyclic) bond motifs is 1. The van der Waals surface area contributed by atoms with Crippen molar-refractivity contribution in [2.75, 3.05) is 32.7 Å². The molecule has 0 aliphatic carbocycles. The molecule has 0 bridgehead atoms. The van der Waals surface area contributed by atoms with E-state index < -0.39 is 0 Å². The Balaban J connectivity index is 1.50. The molecule has 1 unspecified atom stereocenters. The van der Waals surface area contributed by atoms with Gasteiger partial charge in [-0.15, -0.1) is 0 Å². The molecule has 2 saturated heterocycles. The van der Waals surface area contributed by atoms with Crippen molar-refractivity contribution in [2.24, 2.45) is 0 Å². The van der Waals surface area contributed by atoms with E-state index in [0.29, 0.717) is 31.7 Å². The first kappa shape index (κ1) is 19.0. The van der Waals surface area contributed by atoms with E-state index in [4.69, 9.17) is 5.26 Å². The fourth-order valence-corrected chi connectivity index (χ4v) is 4.17. The van der Waals surface area contributed by atoms with Crippen molar-refractivity contribution >= 4 is 5.91 Å². The van der Waals surface area contributed by atoms with Gasteiger partial charge in [-0.05, 0) is 41.3 Å². The van der Waals surface area contributed by atoms with Gasteiger partial charge in [-0.1, -0.05) is 30.3 Å². The van der Waals surface area contributed by atoms with E-state index in [1.54, 1.807) is 11.0 Å². The van der Waals surface area contributed by atoms with Gasteiger partial charge in [0.25, 0.3) is 0 Å². The van der Waals surface area contributed by atoms with Crippen molar-refractivity contribution in [3.05, 3.63) is 59.2 Å². The summed E-state index contributed by atoms with van der Waals surface area (Å²) >= 11 is 0. The Kier molecular flexibility index (Phi) is 5.20. The van der Waals surface area contributed by atoms with Gasteiger partial charge in [0, 0.05) is 32.7 Å². The van der Waals surface area contributed by atoms with Crippen LogP contribution in [0.25, 0.3) is 11.1 Å². The molecule has 0 N–H and O–H groups in total. The van der Waals surface area contributed by atoms with Gasteiger partial charge < -0.3 is 9.80 Å². The highest BCUT2D eigenvalue weighted by Crippen LogP contribution is 2.25. The fraction of sp³-hybridized carbons (Fsp3) is 0.348. The fourth-order valence-electron chi connectivity index (χ4n) is 4.17. The number of carbonyl (C=O) groups is 1. The summed E-state index contributed by atoms with van der Waals surface area (Å²) in [5, 5.41) is 18.3. The molecule has 0 saturated carbocycles. The SMILES string of the molecule is Cc1cc(-c2cccc(C#N)c2)ccc1CN1CCN2CCN(C#N)CC2C1=O. The average molecular weight is 385 g/mol. The molecule has 4 rings (SSSR count). The molecular formula is C23H23N5O. The van der Waals surface area contributed by atoms with Crippen LogP contribution in [0.5, 0.6) is 0 Å². The number of nitriles is 2. The number of carbonyl (C=O) groups excluding carboxylic acids is 1. The molecule has 2 aromatic carbocycles. The molecule has 2 aromatic rings. The summed E-state index contributed by atoms with van der Waals surface area (Å²) in [6.07, 6.45) is 2.18. The molecular weight excluding hydrogens is 362 g/mol. The molecule has 6 nitrogen and oxygen atoms in total. The van der Waals surface area contributed by atoms with E-state index in [1.165, 1.54) is 0 Å². The van der Waals surface area contributed by atoms with Crippen molar-refractivity contribution < 1.29 is 4.79 Å². The maximum absolute atomic E-state index is 13.0. The third kappa shape index (κ3) is 3.81. The standard InChI is InChI=1S/C23H23N5O/c1-17-11-20(19-4-2-3-18(12-19)13-24)5-6-21(17)14-28-10-9-27-8-7-26(16-25)15-22(27)23(28)29/h2-6,11-12,22H,7-10,14-15H2,1H3. The highest BCUT2D eigenvalue weighted by Gasteiger charge is 2.38. The van der Waals surface area contributed by atoms with Gasteiger partial charge in [0.2, 0.25) is 5.91 Å². The van der Waals surface area contributed by atoms with Crippen LogP contribution in [-0.2, 0) is 11.3 Å². The highest BCUT2D eigenvalue weighted by molar-refractivity contribution is 5.83. The Hall–Kier alpha value is -3.35. The summed E-state index contributed by atoms with van der Waals surface area (Å²) in [5.74, 6) is 0.112. The molecule has 2 aliphatic rings. The van der Waals surface area contributed by atoms with Crippen LogP contribution in [0.2, 0.25) is 0 Å². The van der Waals surface area contributed by atoms with Gasteiger partial charge in [-0.3, -0.25) is 9.69 Å². The quantitative estimate of drug-likeness (QED) is 0.758. The molecule has 2 heterocycles. The molecule has 0 aromatic heterocycles. The smallest absolute Gasteiger partial charge is 0.242 e. The van der Waals surface area contributed by atoms with Gasteiger partial charge in [0.1, 0.15) is 6.04 Å². The molecule has 1 atom stereocenters. The second-order valence-corrected chi connectivity index (χ2v) is 7.69. The first-order valence-electron chi connectivity index (χ1n) is 9.86. The van der Waals surface area contributed by atoms with Crippen LogP contribution >= 0.6 is 0 Å². The second kappa shape index (κ2) is 7.95. The van der Waals surface area contributed by atoms with Gasteiger partial charge in [-0.25, -0.2) is 0 Å². The van der Waals surface area contributed by atoms with Crippen molar-refractivity contribution in [3.8, 4) is 23.4 Å². The second-order valence-electron chi connectivity index (χ2n) is 7.69. The number of benzene rings is 2. The minimum absolute atomic E-state index is 0.112. The van der Waals surface area contributed by atoms with Crippen molar-refractivity contribution in [1.29, 1.82) is 10.5 Å². The summed E-state index contributed by atoms with van der Waals surface area (Å²) < 4.78 is 0. The highest BCUT2D eigenvalue weighted by atomic mass is 16.2. The zero-order valence-electron chi connectivity index (χ0n) is 16.5. The van der Waals surface area contributed by atoms with E-state index in [1.807, 2.05) is 23.1 Å². The predicted molar refractivity (Wildman–Crippen MR) is 109 cm³/mol. The lowest BCUT2D eigenvalue weighted by Gasteiger charge is -2.45. The average Bonchev–Trinajstić information content (AvgIpc) is 2.76. The van der Waals surface area contributed by atoms with Crippen molar-refractivity contribution in [3.63, 3.8) is 0 Å². The minimum atomic E-state index is -0.217. The van der Waals surface area contributed by atoms with E-state index in [2.05, 4.69) is 42.3 Å². The number of hydrogen-bond donors (Lipinski definition) is 0. The zero-order valence-corrected chi connectivity index (χ0v) is 16.5. The first-order chi connectivity index (χ1) is 14.1. The molecule has 2 fully saturated rings. The summed E-state index contributed by atoms with van der Waals surface area (Å²) in [6, 6.07) is 15.8. The Labute approximate surface area is 171 Å². The lowest BCUT2D eigenvalue weighted by molar-refractivity contribution is -0.145. The van der Waals surface area contributed by atoms with E-state index in [-0.39, 0.29) is 11.9 Å². The number of rotatable bonds is 3. The summed E-state index contributed by atoms with van der Waals surface area (Å²) in [5.41, 5.74) is 4.98. The molecule has 1 amide bonds. The third-order valence-electron chi connectivity index (χ3n) is 5.92. The van der Waals surface area contributed by atoms with Crippen LogP contribution in [0.4, 0.5) is 0 Å². The number of nitrogens with zero attached hydrogens (tertiary/aromatic N) is 5. The summed E-state index contributed by atoms with van der Waals surface area (Å²) in [7, 11) is 0. The van der Waals surface area contributed by atoms with E-state index in [0.717, 1.165) is 35.3 Å². The molecule has 146 valence electrons. The third-order valence-corrected chi connectivity index (χ3v) is 5.92. The van der Waals surface area contributed by atoms with Gasteiger partial charge in [0.15, 0.2) is 6.19 Å². The Morgan fingerprint density at radius 1 is 1.03 bits per heavy atom. The monoisotopic (exact) mass is 385 g/mol. The number of amides is 1. The lowest BCUT2D eigenvalue weighted by atomic mass is 9.98.